The highest BCUT2D eigenvalue weighted by molar-refractivity contribution is 6.03. The van der Waals surface area contributed by atoms with Crippen LogP contribution in [-0.2, 0) is 13.0 Å². The van der Waals surface area contributed by atoms with Gasteiger partial charge < -0.3 is 26.4 Å². The fourth-order valence-electron chi connectivity index (χ4n) is 4.34. The minimum Gasteiger partial charge on any atom is -0.507 e. The van der Waals surface area contributed by atoms with Crippen LogP contribution in [0.3, 0.4) is 0 Å². The minimum absolute atomic E-state index is 0.279. The van der Waals surface area contributed by atoms with Crippen LogP contribution >= 0.6 is 0 Å². The summed E-state index contributed by atoms with van der Waals surface area (Å²) in [6, 6.07) is 12.0. The number of aromatic nitrogens is 2. The van der Waals surface area contributed by atoms with Crippen LogP contribution in [0.2, 0.25) is 0 Å². The number of nitrogens with one attached hydrogen (secondary N) is 3. The SMILES string of the molecule is CCc1cc(CNc2n[nH]c(Nc3ccc(N4CCCCC4)cc3)c2C(N)=O)cc(C)c1O. The molecule has 8 nitrogen and oxygen atoms in total. The van der Waals surface area contributed by atoms with Crippen LogP contribution < -0.4 is 21.3 Å². The third-order valence-electron chi connectivity index (χ3n) is 6.15. The molecule has 6 N–H and O–H groups in total. The number of amides is 1. The van der Waals surface area contributed by atoms with E-state index in [0.717, 1.165) is 41.9 Å². The number of rotatable bonds is 8. The predicted molar refractivity (Wildman–Crippen MR) is 132 cm³/mol. The van der Waals surface area contributed by atoms with Crippen LogP contribution in [0.4, 0.5) is 23.0 Å². The quantitative estimate of drug-likeness (QED) is 0.348. The topological polar surface area (TPSA) is 119 Å². The summed E-state index contributed by atoms with van der Waals surface area (Å²) in [5.74, 6) is 0.594. The first-order valence-corrected chi connectivity index (χ1v) is 11.5. The Kier molecular flexibility index (Phi) is 6.72. The van der Waals surface area contributed by atoms with E-state index in [4.69, 9.17) is 5.73 Å². The summed E-state index contributed by atoms with van der Waals surface area (Å²) in [7, 11) is 0. The van der Waals surface area contributed by atoms with Gasteiger partial charge in [0.1, 0.15) is 17.1 Å². The molecule has 0 radical (unpaired) electrons. The third kappa shape index (κ3) is 5.05. The number of piperidine rings is 1. The normalized spacial score (nSPS) is 13.7. The van der Waals surface area contributed by atoms with Crippen LogP contribution in [0, 0.1) is 6.92 Å². The molecule has 1 aliphatic rings. The first-order valence-electron chi connectivity index (χ1n) is 11.5. The predicted octanol–water partition coefficient (Wildman–Crippen LogP) is 4.43. The van der Waals surface area contributed by atoms with E-state index in [1.807, 2.05) is 38.1 Å². The average Bonchev–Trinajstić information content (AvgIpc) is 3.23. The zero-order chi connectivity index (χ0) is 23.4. The Morgan fingerprint density at radius 3 is 2.58 bits per heavy atom. The van der Waals surface area contributed by atoms with Crippen molar-refractivity contribution in [3.8, 4) is 5.75 Å². The molecule has 174 valence electrons. The zero-order valence-electron chi connectivity index (χ0n) is 19.2. The van der Waals surface area contributed by atoms with Crippen molar-refractivity contribution in [2.24, 2.45) is 5.73 Å². The molecule has 0 aliphatic carbocycles. The van der Waals surface area contributed by atoms with Crippen LogP contribution in [-0.4, -0.2) is 34.3 Å². The molecule has 1 amide bonds. The largest absolute Gasteiger partial charge is 0.507 e. The van der Waals surface area contributed by atoms with Gasteiger partial charge in [0.05, 0.1) is 0 Å². The molecule has 33 heavy (non-hydrogen) atoms. The van der Waals surface area contributed by atoms with Gasteiger partial charge in [0, 0.05) is 31.0 Å². The summed E-state index contributed by atoms with van der Waals surface area (Å²) >= 11 is 0. The molecule has 2 heterocycles. The number of carbonyl (C=O) groups is 1. The second-order valence-corrected chi connectivity index (χ2v) is 8.53. The lowest BCUT2D eigenvalue weighted by Crippen LogP contribution is -2.29. The summed E-state index contributed by atoms with van der Waals surface area (Å²) in [6.07, 6.45) is 4.50. The summed E-state index contributed by atoms with van der Waals surface area (Å²) in [4.78, 5) is 14.6. The number of phenolic OH excluding ortho intramolecular Hbond substituents is 1. The maximum Gasteiger partial charge on any atom is 0.256 e. The fraction of sp³-hybridized carbons (Fsp3) is 0.360. The minimum atomic E-state index is -0.574. The molecule has 1 aromatic heterocycles. The molecular formula is C25H32N6O2. The maximum atomic E-state index is 12.2. The molecule has 2 aromatic carbocycles. The number of aromatic hydroxyl groups is 1. The Bertz CT molecular complexity index is 1120. The van der Waals surface area contributed by atoms with Crippen LogP contribution in [0.5, 0.6) is 5.75 Å². The van der Waals surface area contributed by atoms with Gasteiger partial charge in [0.2, 0.25) is 0 Å². The summed E-state index contributed by atoms with van der Waals surface area (Å²) < 4.78 is 0. The number of nitrogens with two attached hydrogens (primary N) is 1. The summed E-state index contributed by atoms with van der Waals surface area (Å²) in [5.41, 5.74) is 10.7. The number of phenols is 1. The number of carbonyl (C=O) groups excluding carboxylic acids is 1. The number of aromatic amines is 1. The van der Waals surface area contributed by atoms with Crippen molar-refractivity contribution in [2.45, 2.75) is 46.1 Å². The van der Waals surface area contributed by atoms with Gasteiger partial charge in [-0.05, 0) is 73.6 Å². The number of H-pyrrole nitrogens is 1. The smallest absolute Gasteiger partial charge is 0.256 e. The molecule has 1 aliphatic heterocycles. The van der Waals surface area contributed by atoms with Crippen molar-refractivity contribution < 1.29 is 9.90 Å². The lowest BCUT2D eigenvalue weighted by Gasteiger charge is -2.28. The zero-order valence-corrected chi connectivity index (χ0v) is 19.2. The first-order chi connectivity index (χ1) is 16.0. The van der Waals surface area contributed by atoms with Crippen molar-refractivity contribution in [2.75, 3.05) is 28.6 Å². The van der Waals surface area contributed by atoms with Crippen molar-refractivity contribution in [1.29, 1.82) is 0 Å². The molecule has 0 bridgehead atoms. The molecule has 1 fully saturated rings. The Labute approximate surface area is 194 Å². The van der Waals surface area contributed by atoms with E-state index in [2.05, 4.69) is 37.9 Å². The van der Waals surface area contributed by atoms with Crippen molar-refractivity contribution in [1.82, 2.24) is 10.2 Å². The van der Waals surface area contributed by atoms with Crippen molar-refractivity contribution >= 4 is 28.9 Å². The number of hydrogen-bond acceptors (Lipinski definition) is 6. The van der Waals surface area contributed by atoms with Gasteiger partial charge in [-0.15, -0.1) is 0 Å². The van der Waals surface area contributed by atoms with Gasteiger partial charge in [-0.1, -0.05) is 19.1 Å². The number of anilines is 4. The van der Waals surface area contributed by atoms with Gasteiger partial charge in [-0.3, -0.25) is 9.89 Å². The molecular weight excluding hydrogens is 416 g/mol. The summed E-state index contributed by atoms with van der Waals surface area (Å²) in [6.45, 7) is 6.51. The Morgan fingerprint density at radius 1 is 1.18 bits per heavy atom. The van der Waals surface area contributed by atoms with Gasteiger partial charge in [0.15, 0.2) is 5.82 Å². The number of hydrogen-bond donors (Lipinski definition) is 5. The molecule has 0 spiro atoms. The second-order valence-electron chi connectivity index (χ2n) is 8.53. The van der Waals surface area contributed by atoms with Gasteiger partial charge in [-0.2, -0.15) is 5.10 Å². The van der Waals surface area contributed by atoms with Crippen LogP contribution in [0.1, 0.15) is 53.2 Å². The average molecular weight is 449 g/mol. The van der Waals surface area contributed by atoms with Crippen LogP contribution in [0.25, 0.3) is 0 Å². The van der Waals surface area contributed by atoms with Crippen molar-refractivity contribution in [3.63, 3.8) is 0 Å². The molecule has 0 unspecified atom stereocenters. The van der Waals surface area contributed by atoms with E-state index in [-0.39, 0.29) is 5.56 Å². The number of nitrogens with zero attached hydrogens (tertiary/aromatic N) is 2. The molecule has 0 atom stereocenters. The fourth-order valence-corrected chi connectivity index (χ4v) is 4.34. The maximum absolute atomic E-state index is 12.2. The monoisotopic (exact) mass is 448 g/mol. The van der Waals surface area contributed by atoms with E-state index < -0.39 is 5.91 Å². The number of primary amides is 1. The number of aryl methyl sites for hydroxylation is 2. The van der Waals surface area contributed by atoms with E-state index in [1.54, 1.807) is 0 Å². The first kappa shape index (κ1) is 22.5. The van der Waals surface area contributed by atoms with Crippen molar-refractivity contribution in [3.05, 3.63) is 58.7 Å². The molecule has 8 heteroatoms. The Morgan fingerprint density at radius 2 is 1.91 bits per heavy atom. The van der Waals surface area contributed by atoms with Gasteiger partial charge >= 0.3 is 0 Å². The second kappa shape index (κ2) is 9.85. The van der Waals surface area contributed by atoms with Gasteiger partial charge in [0.25, 0.3) is 5.91 Å². The van der Waals surface area contributed by atoms with E-state index >= 15 is 0 Å². The molecule has 3 aromatic rings. The highest BCUT2D eigenvalue weighted by Crippen LogP contribution is 2.28. The highest BCUT2D eigenvalue weighted by atomic mass is 16.3. The standard InChI is InChI=1S/C25H32N6O2/c1-3-18-14-17(13-16(2)22(18)32)15-27-24-21(23(26)33)25(30-29-24)28-19-7-9-20(10-8-19)31-11-5-4-6-12-31/h7-10,13-14,32H,3-6,11-12,15H2,1-2H3,(H2,26,33)(H3,27,28,29,30). The van der Waals surface area contributed by atoms with Crippen LogP contribution in [0.15, 0.2) is 36.4 Å². The Balaban J connectivity index is 1.48. The molecule has 4 rings (SSSR count). The van der Waals surface area contributed by atoms with E-state index in [1.165, 1.54) is 24.9 Å². The lowest BCUT2D eigenvalue weighted by molar-refractivity contribution is 0.100. The highest BCUT2D eigenvalue weighted by Gasteiger charge is 2.19. The third-order valence-corrected chi connectivity index (χ3v) is 6.15. The molecule has 0 saturated carbocycles. The van der Waals surface area contributed by atoms with Gasteiger partial charge in [-0.25, -0.2) is 0 Å². The number of benzene rings is 2. The lowest BCUT2D eigenvalue weighted by atomic mass is 10.0. The van der Waals surface area contributed by atoms with E-state index in [9.17, 15) is 9.90 Å². The Hall–Kier alpha value is -3.68. The van der Waals surface area contributed by atoms with E-state index in [0.29, 0.717) is 23.9 Å². The molecule has 1 saturated heterocycles. The summed E-state index contributed by atoms with van der Waals surface area (Å²) in [5, 5.41) is 23.7.